The molecular formula is C44H87N2+. The SMILES string of the molecule is CCCCCCCCCCCCCCCC(CCCCCCCCCCCC)c1[nH]cc[n+]1C(C)CCCCCCCCCCC. The molecule has 46 heavy (non-hydrogen) atoms. The molecule has 0 aliphatic heterocycles. The average Bonchev–Trinajstić information content (AvgIpc) is 3.56. The Balaban J connectivity index is 2.40. The molecule has 272 valence electrons. The normalized spacial score (nSPS) is 13.0. The molecule has 0 aliphatic rings. The summed E-state index contributed by atoms with van der Waals surface area (Å²) in [6.07, 6.45) is 54.6. The molecule has 0 spiro atoms. The van der Waals surface area contributed by atoms with Gasteiger partial charge in [0, 0.05) is 0 Å². The standard InChI is InChI=1S/C44H86N2/c1-5-8-11-14-17-20-22-23-24-27-30-33-36-39-43(38-35-32-29-26-21-18-15-12-9-6-2)44-45-40-41-46(44)42(4)37-34-31-28-25-19-16-13-10-7-3/h40-43H,5-39H2,1-4H3/p+1. The van der Waals surface area contributed by atoms with Crippen LogP contribution in [0.3, 0.4) is 0 Å². The Kier molecular flexibility index (Phi) is 32.0. The first-order chi connectivity index (χ1) is 22.7. The number of hydrogen-bond donors (Lipinski definition) is 1. The Morgan fingerprint density at radius 3 is 1.02 bits per heavy atom. The minimum absolute atomic E-state index is 0.618. The second kappa shape index (κ2) is 34.1. The van der Waals surface area contributed by atoms with E-state index in [1.54, 1.807) is 5.82 Å². The Morgan fingerprint density at radius 1 is 0.413 bits per heavy atom. The van der Waals surface area contributed by atoms with E-state index in [2.05, 4.69) is 49.6 Å². The summed E-state index contributed by atoms with van der Waals surface area (Å²) in [6, 6.07) is 0.618. The van der Waals surface area contributed by atoms with Crippen molar-refractivity contribution in [1.29, 1.82) is 0 Å². The van der Waals surface area contributed by atoms with Crippen molar-refractivity contribution in [1.82, 2.24) is 4.98 Å². The van der Waals surface area contributed by atoms with Gasteiger partial charge in [-0.1, -0.05) is 220 Å². The van der Waals surface area contributed by atoms with Crippen LogP contribution in [0.25, 0.3) is 0 Å². The first kappa shape index (κ1) is 43.2. The predicted octanol–water partition coefficient (Wildman–Crippen LogP) is 15.7. The third-order valence-electron chi connectivity index (χ3n) is 10.9. The third-order valence-corrected chi connectivity index (χ3v) is 10.9. The maximum Gasteiger partial charge on any atom is 0.257 e. The quantitative estimate of drug-likeness (QED) is 0.0550. The van der Waals surface area contributed by atoms with Crippen molar-refractivity contribution in [3.8, 4) is 0 Å². The van der Waals surface area contributed by atoms with Gasteiger partial charge in [0.15, 0.2) is 0 Å². The summed E-state index contributed by atoms with van der Waals surface area (Å²) in [6.45, 7) is 9.43. The Morgan fingerprint density at radius 2 is 0.696 bits per heavy atom. The van der Waals surface area contributed by atoms with E-state index in [-0.39, 0.29) is 0 Å². The molecular weight excluding hydrogens is 556 g/mol. The zero-order valence-electron chi connectivity index (χ0n) is 32.5. The largest absolute Gasteiger partial charge is 0.257 e. The van der Waals surface area contributed by atoms with Gasteiger partial charge in [-0.3, -0.25) is 0 Å². The van der Waals surface area contributed by atoms with E-state index in [0.717, 1.165) is 0 Å². The summed E-state index contributed by atoms with van der Waals surface area (Å²) in [7, 11) is 0. The van der Waals surface area contributed by atoms with Gasteiger partial charge in [-0.25, -0.2) is 9.55 Å². The smallest absolute Gasteiger partial charge is 0.247 e. The molecule has 0 saturated heterocycles. The van der Waals surface area contributed by atoms with E-state index in [1.807, 2.05) is 0 Å². The second-order valence-corrected chi connectivity index (χ2v) is 15.4. The van der Waals surface area contributed by atoms with Crippen molar-refractivity contribution in [3.63, 3.8) is 0 Å². The van der Waals surface area contributed by atoms with Gasteiger partial charge in [-0.15, -0.1) is 0 Å². The fraction of sp³-hybridized carbons (Fsp3) is 0.932. The monoisotopic (exact) mass is 644 g/mol. The highest BCUT2D eigenvalue weighted by molar-refractivity contribution is 4.90. The summed E-state index contributed by atoms with van der Waals surface area (Å²) in [5, 5.41) is 0. The van der Waals surface area contributed by atoms with Gasteiger partial charge in [0.1, 0.15) is 12.4 Å². The molecule has 1 heterocycles. The van der Waals surface area contributed by atoms with Crippen LogP contribution in [0.5, 0.6) is 0 Å². The molecule has 0 aliphatic carbocycles. The molecule has 0 aromatic carbocycles. The molecule has 1 rings (SSSR count). The Bertz CT molecular complexity index is 709. The summed E-state index contributed by atoms with van der Waals surface area (Å²) < 4.78 is 2.65. The van der Waals surface area contributed by atoms with Crippen LogP contribution >= 0.6 is 0 Å². The van der Waals surface area contributed by atoms with Gasteiger partial charge in [-0.05, 0) is 32.6 Å². The summed E-state index contributed by atoms with van der Waals surface area (Å²) >= 11 is 0. The Hall–Kier alpha value is -0.790. The molecule has 0 bridgehead atoms. The summed E-state index contributed by atoms with van der Waals surface area (Å²) in [5.41, 5.74) is 0. The van der Waals surface area contributed by atoms with Crippen LogP contribution in [0.2, 0.25) is 0 Å². The van der Waals surface area contributed by atoms with Gasteiger partial charge in [-0.2, -0.15) is 0 Å². The van der Waals surface area contributed by atoms with E-state index in [4.69, 9.17) is 0 Å². The zero-order chi connectivity index (χ0) is 33.2. The van der Waals surface area contributed by atoms with Crippen LogP contribution in [0, 0.1) is 0 Å². The van der Waals surface area contributed by atoms with E-state index in [9.17, 15) is 0 Å². The lowest BCUT2D eigenvalue weighted by Gasteiger charge is -2.17. The topological polar surface area (TPSA) is 19.7 Å². The zero-order valence-corrected chi connectivity index (χ0v) is 32.5. The van der Waals surface area contributed by atoms with Gasteiger partial charge >= 0.3 is 0 Å². The number of unbranched alkanes of at least 4 members (excludes halogenated alkanes) is 29. The highest BCUT2D eigenvalue weighted by Gasteiger charge is 2.25. The molecule has 2 unspecified atom stereocenters. The number of rotatable bonds is 37. The molecule has 0 fully saturated rings. The van der Waals surface area contributed by atoms with Crippen LogP contribution in [0.15, 0.2) is 12.4 Å². The number of aromatic amines is 1. The molecule has 0 radical (unpaired) electrons. The van der Waals surface area contributed by atoms with Crippen molar-refractivity contribution in [2.45, 2.75) is 264 Å². The van der Waals surface area contributed by atoms with Crippen molar-refractivity contribution in [2.24, 2.45) is 0 Å². The Labute approximate surface area is 291 Å². The van der Waals surface area contributed by atoms with E-state index >= 15 is 0 Å². The fourth-order valence-electron chi connectivity index (χ4n) is 7.66. The summed E-state index contributed by atoms with van der Waals surface area (Å²) in [5.74, 6) is 2.25. The van der Waals surface area contributed by atoms with Crippen molar-refractivity contribution in [2.75, 3.05) is 0 Å². The van der Waals surface area contributed by atoms with Crippen LogP contribution in [0.4, 0.5) is 0 Å². The number of imidazole rings is 1. The molecule has 1 aromatic heterocycles. The average molecular weight is 644 g/mol. The second-order valence-electron chi connectivity index (χ2n) is 15.4. The first-order valence-corrected chi connectivity index (χ1v) is 21.8. The third kappa shape index (κ3) is 25.3. The minimum Gasteiger partial charge on any atom is -0.247 e. The van der Waals surface area contributed by atoms with E-state index in [1.165, 1.54) is 225 Å². The van der Waals surface area contributed by atoms with E-state index in [0.29, 0.717) is 12.0 Å². The molecule has 2 atom stereocenters. The van der Waals surface area contributed by atoms with Crippen LogP contribution in [-0.2, 0) is 0 Å². The first-order valence-electron chi connectivity index (χ1n) is 21.8. The fourth-order valence-corrected chi connectivity index (χ4v) is 7.66. The molecule has 0 amide bonds. The summed E-state index contributed by atoms with van der Waals surface area (Å²) in [4.78, 5) is 3.77. The maximum atomic E-state index is 3.77. The van der Waals surface area contributed by atoms with Gasteiger partial charge in [0.05, 0.1) is 12.0 Å². The van der Waals surface area contributed by atoms with Crippen molar-refractivity contribution < 1.29 is 4.57 Å². The maximum absolute atomic E-state index is 3.77. The molecule has 1 N–H and O–H groups in total. The van der Waals surface area contributed by atoms with Gasteiger partial charge in [0.25, 0.3) is 5.82 Å². The minimum atomic E-state index is 0.618. The van der Waals surface area contributed by atoms with Gasteiger partial charge in [0.2, 0.25) is 0 Å². The van der Waals surface area contributed by atoms with Crippen molar-refractivity contribution >= 4 is 0 Å². The predicted molar refractivity (Wildman–Crippen MR) is 207 cm³/mol. The molecule has 2 nitrogen and oxygen atoms in total. The number of nitrogens with one attached hydrogen (secondary N) is 1. The lowest BCUT2D eigenvalue weighted by Crippen LogP contribution is -2.41. The van der Waals surface area contributed by atoms with Crippen molar-refractivity contribution in [3.05, 3.63) is 18.2 Å². The number of hydrogen-bond acceptors (Lipinski definition) is 0. The van der Waals surface area contributed by atoms with Gasteiger partial charge < -0.3 is 0 Å². The highest BCUT2D eigenvalue weighted by Crippen LogP contribution is 2.27. The van der Waals surface area contributed by atoms with Crippen LogP contribution in [0.1, 0.15) is 270 Å². The molecule has 2 heteroatoms. The molecule has 1 aromatic rings. The molecule has 0 saturated carbocycles. The van der Waals surface area contributed by atoms with Crippen LogP contribution in [-0.4, -0.2) is 4.98 Å². The van der Waals surface area contributed by atoms with Crippen LogP contribution < -0.4 is 4.57 Å². The highest BCUT2D eigenvalue weighted by atomic mass is 15.1. The lowest BCUT2D eigenvalue weighted by molar-refractivity contribution is -0.727. The number of aromatic nitrogens is 2. The van der Waals surface area contributed by atoms with E-state index < -0.39 is 0 Å². The lowest BCUT2D eigenvalue weighted by atomic mass is 9.92. The number of H-pyrrole nitrogens is 1. The number of nitrogens with zero attached hydrogens (tertiary/aromatic N) is 1.